The lowest BCUT2D eigenvalue weighted by atomic mass is 9.82. The highest BCUT2D eigenvalue weighted by Crippen LogP contribution is 2.41. The molecule has 0 radical (unpaired) electrons. The van der Waals surface area contributed by atoms with Crippen LogP contribution < -0.4 is 0 Å². The smallest absolute Gasteiger partial charge is 0.238 e. The van der Waals surface area contributed by atoms with Crippen molar-refractivity contribution in [2.24, 2.45) is 0 Å². The Kier molecular flexibility index (Phi) is 5.29. The summed E-state index contributed by atoms with van der Waals surface area (Å²) in [5.74, 6) is 1.02. The van der Waals surface area contributed by atoms with Gasteiger partial charge in [0.05, 0.1) is 24.8 Å². The molecule has 1 aliphatic carbocycles. The van der Waals surface area contributed by atoms with Crippen LogP contribution in [0.3, 0.4) is 0 Å². The number of halogens is 1. The Bertz CT molecular complexity index is 538. The second-order valence-electron chi connectivity index (χ2n) is 6.59. The summed E-state index contributed by atoms with van der Waals surface area (Å²) in [7, 11) is 0. The summed E-state index contributed by atoms with van der Waals surface area (Å²) >= 11 is 5.80. The topological polar surface area (TPSA) is 62.9 Å². The van der Waals surface area contributed by atoms with Crippen LogP contribution in [0.25, 0.3) is 0 Å². The van der Waals surface area contributed by atoms with E-state index in [4.69, 9.17) is 25.9 Å². The molecule has 1 aromatic heterocycles. The molecular formula is C17H24ClNO4. The van der Waals surface area contributed by atoms with Crippen LogP contribution in [0, 0.1) is 0 Å². The van der Waals surface area contributed by atoms with Crippen molar-refractivity contribution in [3.63, 3.8) is 0 Å². The molecule has 1 amide bonds. The zero-order valence-corrected chi connectivity index (χ0v) is 14.1. The maximum absolute atomic E-state index is 12.3. The zero-order valence-electron chi connectivity index (χ0n) is 13.3. The predicted molar refractivity (Wildman–Crippen MR) is 86.1 cm³/mol. The SMILES string of the molecule is O=C(CCl)N(Cc1ccc(CO)o1)C1COC2(CCCCC2)C1. The molecule has 1 N–H and O–H groups in total. The molecule has 1 spiro atoms. The van der Waals surface area contributed by atoms with Crippen molar-refractivity contribution in [1.29, 1.82) is 0 Å². The first kappa shape index (κ1) is 16.8. The summed E-state index contributed by atoms with van der Waals surface area (Å²) in [6.45, 7) is 0.797. The second-order valence-corrected chi connectivity index (χ2v) is 6.86. The van der Waals surface area contributed by atoms with Crippen molar-refractivity contribution in [2.75, 3.05) is 12.5 Å². The number of hydrogen-bond donors (Lipinski definition) is 1. The minimum absolute atomic E-state index is 0.0435. The molecule has 0 bridgehead atoms. The van der Waals surface area contributed by atoms with E-state index in [2.05, 4.69) is 0 Å². The van der Waals surface area contributed by atoms with Gasteiger partial charge in [0.2, 0.25) is 5.91 Å². The van der Waals surface area contributed by atoms with Crippen molar-refractivity contribution >= 4 is 17.5 Å². The van der Waals surface area contributed by atoms with Crippen molar-refractivity contribution < 1.29 is 19.1 Å². The van der Waals surface area contributed by atoms with Crippen LogP contribution >= 0.6 is 11.6 Å². The van der Waals surface area contributed by atoms with Crippen LogP contribution in [0.5, 0.6) is 0 Å². The van der Waals surface area contributed by atoms with E-state index >= 15 is 0 Å². The Balaban J connectivity index is 1.70. The molecule has 1 aromatic rings. The van der Waals surface area contributed by atoms with Crippen LogP contribution in [0.4, 0.5) is 0 Å². The van der Waals surface area contributed by atoms with E-state index in [-0.39, 0.29) is 30.0 Å². The third-order valence-corrected chi connectivity index (χ3v) is 5.26. The average Bonchev–Trinajstić information content (AvgIpc) is 3.20. The average molecular weight is 342 g/mol. The third-order valence-electron chi connectivity index (χ3n) is 5.03. The quantitative estimate of drug-likeness (QED) is 0.836. The van der Waals surface area contributed by atoms with Crippen LogP contribution in [-0.2, 0) is 22.7 Å². The lowest BCUT2D eigenvalue weighted by Gasteiger charge is -2.33. The summed E-state index contributed by atoms with van der Waals surface area (Å²) in [6, 6.07) is 3.57. The highest BCUT2D eigenvalue weighted by atomic mass is 35.5. The van der Waals surface area contributed by atoms with Crippen LogP contribution in [0.2, 0.25) is 0 Å². The van der Waals surface area contributed by atoms with Crippen molar-refractivity contribution in [3.05, 3.63) is 23.7 Å². The zero-order chi connectivity index (χ0) is 16.3. The molecule has 5 nitrogen and oxygen atoms in total. The fourth-order valence-electron chi connectivity index (χ4n) is 3.82. The number of rotatable bonds is 5. The van der Waals surface area contributed by atoms with E-state index in [1.807, 2.05) is 0 Å². The monoisotopic (exact) mass is 341 g/mol. The Morgan fingerprint density at radius 3 is 2.70 bits per heavy atom. The number of nitrogens with zero attached hydrogens (tertiary/aromatic N) is 1. The van der Waals surface area contributed by atoms with Crippen molar-refractivity contribution in [3.8, 4) is 0 Å². The molecule has 1 saturated carbocycles. The first-order chi connectivity index (χ1) is 11.2. The lowest BCUT2D eigenvalue weighted by Crippen LogP contribution is -2.42. The molecule has 23 heavy (non-hydrogen) atoms. The summed E-state index contributed by atoms with van der Waals surface area (Å²) in [6.07, 6.45) is 6.73. The van der Waals surface area contributed by atoms with Gasteiger partial charge >= 0.3 is 0 Å². The van der Waals surface area contributed by atoms with Gasteiger partial charge in [0.15, 0.2) is 0 Å². The molecule has 2 fully saturated rings. The number of alkyl halides is 1. The summed E-state index contributed by atoms with van der Waals surface area (Å²) in [4.78, 5) is 14.1. The largest absolute Gasteiger partial charge is 0.462 e. The standard InChI is InChI=1S/C17H24ClNO4/c18-9-16(21)19(10-14-4-5-15(11-20)23-14)13-8-17(22-12-13)6-2-1-3-7-17/h4-5,13,20H,1-3,6-12H2. The molecule has 1 aliphatic heterocycles. The molecule has 2 heterocycles. The Labute approximate surface area is 141 Å². The van der Waals surface area contributed by atoms with Crippen molar-refractivity contribution in [1.82, 2.24) is 4.90 Å². The van der Waals surface area contributed by atoms with E-state index in [9.17, 15) is 4.79 Å². The number of hydrogen-bond acceptors (Lipinski definition) is 4. The fourth-order valence-corrected chi connectivity index (χ4v) is 3.98. The number of aliphatic hydroxyl groups is 1. The molecule has 1 unspecified atom stereocenters. The van der Waals surface area contributed by atoms with Gasteiger partial charge < -0.3 is 19.2 Å². The maximum Gasteiger partial charge on any atom is 0.238 e. The highest BCUT2D eigenvalue weighted by molar-refractivity contribution is 6.27. The Morgan fingerprint density at radius 1 is 1.30 bits per heavy atom. The number of ether oxygens (including phenoxy) is 1. The Morgan fingerprint density at radius 2 is 2.04 bits per heavy atom. The number of carbonyl (C=O) groups excluding carboxylic acids is 1. The van der Waals surface area contributed by atoms with E-state index in [0.29, 0.717) is 24.7 Å². The molecule has 2 aliphatic rings. The second kappa shape index (κ2) is 7.24. The van der Waals surface area contributed by atoms with Gasteiger partial charge in [0.1, 0.15) is 24.0 Å². The minimum Gasteiger partial charge on any atom is -0.462 e. The van der Waals surface area contributed by atoms with Gasteiger partial charge in [-0.25, -0.2) is 0 Å². The van der Waals surface area contributed by atoms with Gasteiger partial charge in [-0.15, -0.1) is 11.6 Å². The normalized spacial score (nSPS) is 23.3. The van der Waals surface area contributed by atoms with Gasteiger partial charge in [0, 0.05) is 0 Å². The van der Waals surface area contributed by atoms with Gasteiger partial charge in [-0.1, -0.05) is 19.3 Å². The number of amides is 1. The molecule has 1 saturated heterocycles. The lowest BCUT2D eigenvalue weighted by molar-refractivity contribution is -0.131. The predicted octanol–water partition coefficient (Wildman–Crippen LogP) is 2.83. The first-order valence-corrected chi connectivity index (χ1v) is 8.87. The Hall–Kier alpha value is -1.04. The van der Waals surface area contributed by atoms with Crippen LogP contribution in [0.1, 0.15) is 50.0 Å². The van der Waals surface area contributed by atoms with Gasteiger partial charge in [0.25, 0.3) is 0 Å². The molecular weight excluding hydrogens is 318 g/mol. The molecule has 3 rings (SSSR count). The summed E-state index contributed by atoms with van der Waals surface area (Å²) < 4.78 is 11.7. The molecule has 6 heteroatoms. The van der Waals surface area contributed by atoms with E-state index in [1.165, 1.54) is 19.3 Å². The molecule has 128 valence electrons. The third kappa shape index (κ3) is 3.73. The van der Waals surface area contributed by atoms with E-state index in [0.717, 1.165) is 19.3 Å². The van der Waals surface area contributed by atoms with Gasteiger partial charge in [-0.2, -0.15) is 0 Å². The van der Waals surface area contributed by atoms with Crippen LogP contribution in [-0.4, -0.2) is 40.0 Å². The van der Waals surface area contributed by atoms with Crippen LogP contribution in [0.15, 0.2) is 16.5 Å². The minimum atomic E-state index is -0.140. The van der Waals surface area contributed by atoms with Gasteiger partial charge in [-0.05, 0) is 31.4 Å². The summed E-state index contributed by atoms with van der Waals surface area (Å²) in [5, 5.41) is 9.10. The number of aliphatic hydroxyl groups excluding tert-OH is 1. The van der Waals surface area contributed by atoms with E-state index in [1.54, 1.807) is 17.0 Å². The number of furan rings is 1. The fraction of sp³-hybridized carbons (Fsp3) is 0.706. The molecule has 1 atom stereocenters. The highest BCUT2D eigenvalue weighted by Gasteiger charge is 2.44. The number of carbonyl (C=O) groups is 1. The maximum atomic E-state index is 12.3. The molecule has 0 aromatic carbocycles. The first-order valence-electron chi connectivity index (χ1n) is 8.34. The van der Waals surface area contributed by atoms with Crippen molar-refractivity contribution in [2.45, 2.75) is 63.3 Å². The summed E-state index contributed by atoms with van der Waals surface area (Å²) in [5.41, 5.74) is -0.0484. The van der Waals surface area contributed by atoms with E-state index < -0.39 is 0 Å². The van der Waals surface area contributed by atoms with Gasteiger partial charge in [-0.3, -0.25) is 4.79 Å².